The molecule has 3 heterocycles. The van der Waals surface area contributed by atoms with Crippen LogP contribution in [0.15, 0.2) is 181 Å². The van der Waals surface area contributed by atoms with Gasteiger partial charge in [0.2, 0.25) is 0 Å². The fraction of sp³-hybridized carbons (Fsp3) is 0.0417. The van der Waals surface area contributed by atoms with E-state index in [1.165, 1.54) is 33.0 Å². The standard InChI is InChI=1S/C48H35NO2/c1-2-33(12-7-9-32-10-8-28-50-46-14-5-3-11-36(46)17-16-32)37-22-25-44-41(29-37)42-30-38(23-26-45(42)49-44)34-18-20-35(21-19-34)39-24-27-48-43(31-39)40-13-4-6-15-47(40)51-48/h2-9,11-32,49H,1,10H2. The fourth-order valence-corrected chi connectivity index (χ4v) is 7.11. The molecule has 1 aliphatic rings. The quantitative estimate of drug-likeness (QED) is 0.181. The smallest absolute Gasteiger partial charge is 0.135 e. The van der Waals surface area contributed by atoms with E-state index in [0.29, 0.717) is 0 Å². The number of H-pyrrole nitrogens is 1. The zero-order chi connectivity index (χ0) is 34.1. The Balaban J connectivity index is 0.987. The molecular weight excluding hydrogens is 623 g/mol. The summed E-state index contributed by atoms with van der Waals surface area (Å²) in [6.45, 7) is 4.15. The maximum Gasteiger partial charge on any atom is 0.135 e. The minimum Gasteiger partial charge on any atom is -0.465 e. The van der Waals surface area contributed by atoms with Gasteiger partial charge in [0.05, 0.1) is 6.26 Å². The zero-order valence-electron chi connectivity index (χ0n) is 28.1. The van der Waals surface area contributed by atoms with Crippen LogP contribution in [0.1, 0.15) is 17.5 Å². The van der Waals surface area contributed by atoms with E-state index in [0.717, 1.165) is 61.8 Å². The lowest BCUT2D eigenvalue weighted by atomic mass is 9.97. The highest BCUT2D eigenvalue weighted by atomic mass is 16.5. The fourth-order valence-electron chi connectivity index (χ4n) is 7.11. The third-order valence-electron chi connectivity index (χ3n) is 9.86. The summed E-state index contributed by atoms with van der Waals surface area (Å²) in [6.07, 6.45) is 17.6. The van der Waals surface area contributed by atoms with Crippen molar-refractivity contribution in [3.8, 4) is 28.0 Å². The molecule has 0 saturated carbocycles. The predicted octanol–water partition coefficient (Wildman–Crippen LogP) is 13.3. The van der Waals surface area contributed by atoms with Crippen molar-refractivity contribution in [3.63, 3.8) is 0 Å². The molecule has 1 atom stereocenters. The van der Waals surface area contributed by atoms with E-state index in [9.17, 15) is 0 Å². The van der Waals surface area contributed by atoms with E-state index in [1.807, 2.05) is 36.4 Å². The Hall–Kier alpha value is -6.58. The number of aromatic nitrogens is 1. The van der Waals surface area contributed by atoms with Crippen LogP contribution >= 0.6 is 0 Å². The van der Waals surface area contributed by atoms with Crippen LogP contribution in [0.4, 0.5) is 0 Å². The molecule has 8 aromatic rings. The van der Waals surface area contributed by atoms with Gasteiger partial charge in [-0.2, -0.15) is 0 Å². The van der Waals surface area contributed by atoms with Crippen LogP contribution < -0.4 is 4.74 Å². The molecule has 1 N–H and O–H groups in total. The number of ether oxygens (including phenoxy) is 1. The van der Waals surface area contributed by atoms with Gasteiger partial charge in [-0.1, -0.05) is 122 Å². The van der Waals surface area contributed by atoms with Gasteiger partial charge in [0.25, 0.3) is 0 Å². The van der Waals surface area contributed by atoms with Crippen LogP contribution in [0.3, 0.4) is 0 Å². The van der Waals surface area contributed by atoms with Crippen molar-refractivity contribution in [3.05, 3.63) is 188 Å². The molecule has 0 fully saturated rings. The molecule has 1 aliphatic heterocycles. The molecule has 2 aromatic heterocycles. The molecule has 3 heteroatoms. The van der Waals surface area contributed by atoms with Crippen LogP contribution in [0.2, 0.25) is 0 Å². The van der Waals surface area contributed by atoms with E-state index in [4.69, 9.17) is 9.15 Å². The predicted molar refractivity (Wildman–Crippen MR) is 215 cm³/mol. The van der Waals surface area contributed by atoms with E-state index in [1.54, 1.807) is 6.26 Å². The zero-order valence-corrected chi connectivity index (χ0v) is 28.1. The Morgan fingerprint density at radius 1 is 0.667 bits per heavy atom. The number of allylic oxidation sites excluding steroid dienone is 7. The van der Waals surface area contributed by atoms with Crippen LogP contribution in [0, 0.1) is 5.92 Å². The van der Waals surface area contributed by atoms with E-state index in [-0.39, 0.29) is 5.92 Å². The second-order valence-corrected chi connectivity index (χ2v) is 13.0. The molecule has 244 valence electrons. The van der Waals surface area contributed by atoms with Crippen molar-refractivity contribution in [2.75, 3.05) is 0 Å². The van der Waals surface area contributed by atoms with Crippen LogP contribution in [0.25, 0.3) is 77.6 Å². The molecule has 0 aliphatic carbocycles. The normalized spacial score (nSPS) is 14.9. The van der Waals surface area contributed by atoms with Crippen molar-refractivity contribution in [1.82, 2.24) is 4.98 Å². The topological polar surface area (TPSA) is 38.2 Å². The Morgan fingerprint density at radius 2 is 1.35 bits per heavy atom. The molecule has 0 radical (unpaired) electrons. The summed E-state index contributed by atoms with van der Waals surface area (Å²) in [5, 5.41) is 4.69. The van der Waals surface area contributed by atoms with Crippen molar-refractivity contribution in [2.24, 2.45) is 5.92 Å². The average Bonchev–Trinajstić information content (AvgIpc) is 3.76. The molecule has 9 rings (SSSR count). The lowest BCUT2D eigenvalue weighted by Crippen LogP contribution is -1.89. The summed E-state index contributed by atoms with van der Waals surface area (Å²) in [7, 11) is 0. The largest absolute Gasteiger partial charge is 0.465 e. The molecule has 0 saturated heterocycles. The molecule has 6 aromatic carbocycles. The summed E-state index contributed by atoms with van der Waals surface area (Å²) in [5.74, 6) is 1.12. The van der Waals surface area contributed by atoms with Crippen molar-refractivity contribution < 1.29 is 9.15 Å². The summed E-state index contributed by atoms with van der Waals surface area (Å²) in [5.41, 5.74) is 12.1. The van der Waals surface area contributed by atoms with Gasteiger partial charge < -0.3 is 14.1 Å². The minimum absolute atomic E-state index is 0.252. The number of aromatic amines is 1. The van der Waals surface area contributed by atoms with Crippen molar-refractivity contribution in [1.29, 1.82) is 0 Å². The van der Waals surface area contributed by atoms with E-state index < -0.39 is 0 Å². The Morgan fingerprint density at radius 3 is 2.20 bits per heavy atom. The van der Waals surface area contributed by atoms with Gasteiger partial charge in [-0.05, 0) is 100 Å². The minimum atomic E-state index is 0.252. The summed E-state index contributed by atoms with van der Waals surface area (Å²) < 4.78 is 11.9. The lowest BCUT2D eigenvalue weighted by molar-refractivity contribution is 0.477. The lowest BCUT2D eigenvalue weighted by Gasteiger charge is -2.06. The molecule has 3 nitrogen and oxygen atoms in total. The van der Waals surface area contributed by atoms with Gasteiger partial charge in [-0.3, -0.25) is 0 Å². The highest BCUT2D eigenvalue weighted by Crippen LogP contribution is 2.35. The SMILES string of the molecule is C=CC(=CC=CC1C=Cc2ccccc2OC=CC1)c1ccc2[nH]c3ccc(-c4ccc(-c5ccc6oc7ccccc7c6c5)cc4)cc3c2c1. The highest BCUT2D eigenvalue weighted by molar-refractivity contribution is 6.10. The number of hydrogen-bond donors (Lipinski definition) is 1. The van der Waals surface area contributed by atoms with Gasteiger partial charge in [0, 0.05) is 38.1 Å². The maximum atomic E-state index is 6.04. The second-order valence-electron chi connectivity index (χ2n) is 13.0. The first kappa shape index (κ1) is 30.5. The van der Waals surface area contributed by atoms with Crippen molar-refractivity contribution >= 4 is 55.4 Å². The number of nitrogens with one attached hydrogen (secondary N) is 1. The summed E-state index contributed by atoms with van der Waals surface area (Å²) in [4.78, 5) is 3.61. The number of fused-ring (bicyclic) bond motifs is 7. The molecule has 0 spiro atoms. The summed E-state index contributed by atoms with van der Waals surface area (Å²) >= 11 is 0. The summed E-state index contributed by atoms with van der Waals surface area (Å²) in [6, 6.07) is 44.9. The third kappa shape index (κ3) is 5.89. The van der Waals surface area contributed by atoms with Gasteiger partial charge in [-0.25, -0.2) is 0 Å². The Labute approximate surface area is 296 Å². The highest BCUT2D eigenvalue weighted by Gasteiger charge is 2.11. The molecule has 51 heavy (non-hydrogen) atoms. The van der Waals surface area contributed by atoms with E-state index >= 15 is 0 Å². The number of benzene rings is 6. The van der Waals surface area contributed by atoms with Gasteiger partial charge >= 0.3 is 0 Å². The first-order chi connectivity index (χ1) is 25.2. The van der Waals surface area contributed by atoms with Crippen LogP contribution in [-0.2, 0) is 0 Å². The molecule has 0 bridgehead atoms. The Kier molecular flexibility index (Phi) is 7.79. The van der Waals surface area contributed by atoms with Gasteiger partial charge in [-0.15, -0.1) is 0 Å². The molecule has 0 amide bonds. The molecular formula is C48H35NO2. The second kappa shape index (κ2) is 13.0. The van der Waals surface area contributed by atoms with Gasteiger partial charge in [0.15, 0.2) is 0 Å². The third-order valence-corrected chi connectivity index (χ3v) is 9.86. The molecule has 1 unspecified atom stereocenters. The van der Waals surface area contributed by atoms with Crippen LogP contribution in [0.5, 0.6) is 5.75 Å². The maximum absolute atomic E-state index is 6.04. The Bertz CT molecular complexity index is 2710. The van der Waals surface area contributed by atoms with Gasteiger partial charge in [0.1, 0.15) is 16.9 Å². The number of furan rings is 1. The number of para-hydroxylation sites is 2. The number of hydrogen-bond acceptors (Lipinski definition) is 2. The van der Waals surface area contributed by atoms with Crippen molar-refractivity contribution in [2.45, 2.75) is 6.42 Å². The first-order valence-electron chi connectivity index (χ1n) is 17.4. The average molecular weight is 658 g/mol. The number of rotatable bonds is 6. The monoisotopic (exact) mass is 657 g/mol. The van der Waals surface area contributed by atoms with E-state index in [2.05, 4.69) is 145 Å². The van der Waals surface area contributed by atoms with Crippen LogP contribution in [-0.4, -0.2) is 4.98 Å². The first-order valence-corrected chi connectivity index (χ1v) is 17.4.